The lowest BCUT2D eigenvalue weighted by atomic mass is 10.2. The number of benzene rings is 2. The fourth-order valence-electron chi connectivity index (χ4n) is 1.54. The van der Waals surface area contributed by atoms with E-state index in [1.54, 1.807) is 0 Å². The Morgan fingerprint density at radius 2 is 1.89 bits per heavy atom. The largest absolute Gasteiger partial charge is 0.348 e. The predicted octanol–water partition coefficient (Wildman–Crippen LogP) is 3.81. The summed E-state index contributed by atoms with van der Waals surface area (Å²) in [5.74, 6) is -0.689. The number of hydrogen-bond acceptors (Lipinski definition) is 2. The number of rotatable bonds is 3. The minimum absolute atomic E-state index is 0.163. The molecule has 0 fully saturated rings. The molecule has 2 aromatic rings. The first-order valence-corrected chi connectivity index (χ1v) is 6.81. The third kappa shape index (κ3) is 3.81. The number of amides is 1. The standard InChI is InChI=1S/C14H11BrFNOS/c15-11-4-1-9(2-5-11)8-17-14(18)10-3-6-12(16)13(19)7-10/h1-7,19H,8H2,(H,17,18). The Balaban J connectivity index is 2.01. The van der Waals surface area contributed by atoms with Crippen LogP contribution in [0.3, 0.4) is 0 Å². The van der Waals surface area contributed by atoms with Crippen molar-refractivity contribution in [3.63, 3.8) is 0 Å². The molecule has 0 aliphatic heterocycles. The number of hydrogen-bond donors (Lipinski definition) is 2. The van der Waals surface area contributed by atoms with Gasteiger partial charge in [-0.1, -0.05) is 28.1 Å². The summed E-state index contributed by atoms with van der Waals surface area (Å²) in [5, 5.41) is 2.77. The molecule has 0 aromatic heterocycles. The lowest BCUT2D eigenvalue weighted by molar-refractivity contribution is 0.0950. The first kappa shape index (κ1) is 14.1. The van der Waals surface area contributed by atoms with Crippen LogP contribution in [-0.4, -0.2) is 5.91 Å². The molecule has 1 N–H and O–H groups in total. The molecule has 0 heterocycles. The molecule has 0 unspecified atom stereocenters. The smallest absolute Gasteiger partial charge is 0.251 e. The zero-order valence-electron chi connectivity index (χ0n) is 9.86. The van der Waals surface area contributed by atoms with E-state index >= 15 is 0 Å². The highest BCUT2D eigenvalue weighted by molar-refractivity contribution is 9.10. The summed E-state index contributed by atoms with van der Waals surface area (Å²) < 4.78 is 14.0. The van der Waals surface area contributed by atoms with Gasteiger partial charge in [-0.3, -0.25) is 4.79 Å². The molecule has 2 rings (SSSR count). The molecule has 2 aromatic carbocycles. The summed E-state index contributed by atoms with van der Waals surface area (Å²) in [5.41, 5.74) is 1.38. The SMILES string of the molecule is O=C(NCc1ccc(Br)cc1)c1ccc(F)c(S)c1. The van der Waals surface area contributed by atoms with E-state index in [0.29, 0.717) is 12.1 Å². The van der Waals surface area contributed by atoms with Crippen LogP contribution in [0.25, 0.3) is 0 Å². The van der Waals surface area contributed by atoms with E-state index in [1.165, 1.54) is 18.2 Å². The molecule has 0 aliphatic carbocycles. The van der Waals surface area contributed by atoms with Gasteiger partial charge < -0.3 is 5.32 Å². The molecular weight excluding hydrogens is 329 g/mol. The maximum absolute atomic E-state index is 13.0. The molecular formula is C14H11BrFNOS. The van der Waals surface area contributed by atoms with Crippen molar-refractivity contribution in [1.82, 2.24) is 5.32 Å². The van der Waals surface area contributed by atoms with Crippen molar-refractivity contribution in [1.29, 1.82) is 0 Å². The van der Waals surface area contributed by atoms with Crippen molar-refractivity contribution in [2.45, 2.75) is 11.4 Å². The highest BCUT2D eigenvalue weighted by Crippen LogP contribution is 2.14. The second-order valence-electron chi connectivity index (χ2n) is 3.98. The van der Waals surface area contributed by atoms with Gasteiger partial charge in [-0.25, -0.2) is 4.39 Å². The Morgan fingerprint density at radius 3 is 2.53 bits per heavy atom. The second kappa shape index (κ2) is 6.21. The van der Waals surface area contributed by atoms with Gasteiger partial charge in [0.1, 0.15) is 5.82 Å². The number of carbonyl (C=O) groups is 1. The normalized spacial score (nSPS) is 10.3. The van der Waals surface area contributed by atoms with Gasteiger partial charge in [0.2, 0.25) is 0 Å². The molecule has 1 amide bonds. The maximum Gasteiger partial charge on any atom is 0.251 e. The van der Waals surface area contributed by atoms with E-state index in [0.717, 1.165) is 10.0 Å². The molecule has 0 atom stereocenters. The highest BCUT2D eigenvalue weighted by Gasteiger charge is 2.07. The second-order valence-corrected chi connectivity index (χ2v) is 5.37. The van der Waals surface area contributed by atoms with Crippen molar-refractivity contribution in [3.05, 3.63) is 63.9 Å². The average Bonchev–Trinajstić information content (AvgIpc) is 2.41. The summed E-state index contributed by atoms with van der Waals surface area (Å²) in [6.45, 7) is 0.422. The summed E-state index contributed by atoms with van der Waals surface area (Å²) >= 11 is 7.30. The monoisotopic (exact) mass is 339 g/mol. The van der Waals surface area contributed by atoms with Crippen LogP contribution < -0.4 is 5.32 Å². The summed E-state index contributed by atoms with van der Waals surface area (Å²) in [7, 11) is 0. The van der Waals surface area contributed by atoms with Crippen molar-refractivity contribution < 1.29 is 9.18 Å². The maximum atomic E-state index is 13.0. The van der Waals surface area contributed by atoms with E-state index in [9.17, 15) is 9.18 Å². The average molecular weight is 340 g/mol. The minimum Gasteiger partial charge on any atom is -0.348 e. The van der Waals surface area contributed by atoms with E-state index in [1.807, 2.05) is 24.3 Å². The van der Waals surface area contributed by atoms with Crippen LogP contribution in [0.5, 0.6) is 0 Å². The van der Waals surface area contributed by atoms with Gasteiger partial charge in [0.05, 0.1) is 0 Å². The van der Waals surface area contributed by atoms with Crippen molar-refractivity contribution in [2.75, 3.05) is 0 Å². The zero-order valence-corrected chi connectivity index (χ0v) is 12.3. The van der Waals surface area contributed by atoms with E-state index < -0.39 is 5.82 Å². The Hall–Kier alpha value is -1.33. The molecule has 2 nitrogen and oxygen atoms in total. The Labute approximate surface area is 124 Å². The van der Waals surface area contributed by atoms with Crippen LogP contribution in [0.4, 0.5) is 4.39 Å². The third-order valence-electron chi connectivity index (χ3n) is 2.57. The lowest BCUT2D eigenvalue weighted by Gasteiger charge is -2.06. The Kier molecular flexibility index (Phi) is 4.61. The van der Waals surface area contributed by atoms with Crippen LogP contribution >= 0.6 is 28.6 Å². The highest BCUT2D eigenvalue weighted by atomic mass is 79.9. The number of thiol groups is 1. The molecule has 0 saturated heterocycles. The van der Waals surface area contributed by atoms with Crippen LogP contribution in [0.1, 0.15) is 15.9 Å². The van der Waals surface area contributed by atoms with Gasteiger partial charge in [0.15, 0.2) is 0 Å². The zero-order chi connectivity index (χ0) is 13.8. The number of halogens is 2. The molecule has 5 heteroatoms. The van der Waals surface area contributed by atoms with Gasteiger partial charge in [0.25, 0.3) is 5.91 Å². The fraction of sp³-hybridized carbons (Fsp3) is 0.0714. The number of nitrogens with one attached hydrogen (secondary N) is 1. The van der Waals surface area contributed by atoms with Crippen LogP contribution in [-0.2, 0) is 6.54 Å². The van der Waals surface area contributed by atoms with E-state index in [2.05, 4.69) is 33.9 Å². The molecule has 0 bridgehead atoms. The third-order valence-corrected chi connectivity index (χ3v) is 3.45. The van der Waals surface area contributed by atoms with Crippen LogP contribution in [0, 0.1) is 5.82 Å². The molecule has 98 valence electrons. The Bertz CT molecular complexity index is 601. The molecule has 19 heavy (non-hydrogen) atoms. The predicted molar refractivity (Wildman–Crippen MR) is 79.0 cm³/mol. The summed E-state index contributed by atoms with van der Waals surface area (Å²) in [6, 6.07) is 11.7. The van der Waals surface area contributed by atoms with Crippen LogP contribution in [0.2, 0.25) is 0 Å². The molecule has 0 radical (unpaired) electrons. The Morgan fingerprint density at radius 1 is 1.21 bits per heavy atom. The van der Waals surface area contributed by atoms with Gasteiger partial charge >= 0.3 is 0 Å². The lowest BCUT2D eigenvalue weighted by Crippen LogP contribution is -2.22. The topological polar surface area (TPSA) is 29.1 Å². The fourth-order valence-corrected chi connectivity index (χ4v) is 2.02. The van der Waals surface area contributed by atoms with E-state index in [-0.39, 0.29) is 10.8 Å². The van der Waals surface area contributed by atoms with Gasteiger partial charge in [0, 0.05) is 21.5 Å². The molecule has 0 spiro atoms. The summed E-state index contributed by atoms with van der Waals surface area (Å²) in [4.78, 5) is 12.0. The minimum atomic E-state index is -0.437. The van der Waals surface area contributed by atoms with Crippen molar-refractivity contribution in [3.8, 4) is 0 Å². The quantitative estimate of drug-likeness (QED) is 0.818. The van der Waals surface area contributed by atoms with Crippen molar-refractivity contribution in [2.24, 2.45) is 0 Å². The first-order chi connectivity index (χ1) is 9.06. The first-order valence-electron chi connectivity index (χ1n) is 5.57. The summed E-state index contributed by atoms with van der Waals surface area (Å²) in [6.07, 6.45) is 0. The van der Waals surface area contributed by atoms with E-state index in [4.69, 9.17) is 0 Å². The molecule has 0 saturated carbocycles. The molecule has 0 aliphatic rings. The van der Waals surface area contributed by atoms with Gasteiger partial charge in [-0.15, -0.1) is 12.6 Å². The van der Waals surface area contributed by atoms with Crippen molar-refractivity contribution >= 4 is 34.5 Å². The number of carbonyl (C=O) groups excluding carboxylic acids is 1. The van der Waals surface area contributed by atoms with Crippen LogP contribution in [0.15, 0.2) is 51.8 Å². The van der Waals surface area contributed by atoms with Gasteiger partial charge in [-0.05, 0) is 35.9 Å². The van der Waals surface area contributed by atoms with Gasteiger partial charge in [-0.2, -0.15) is 0 Å².